The molecule has 2 aromatic carbocycles. The van der Waals surface area contributed by atoms with Crippen LogP contribution in [-0.4, -0.2) is 116 Å². The van der Waals surface area contributed by atoms with Gasteiger partial charge in [0, 0.05) is 56.9 Å². The van der Waals surface area contributed by atoms with Gasteiger partial charge in [0.25, 0.3) is 0 Å². The van der Waals surface area contributed by atoms with E-state index in [0.29, 0.717) is 32.1 Å². The van der Waals surface area contributed by atoms with Crippen molar-refractivity contribution in [3.63, 3.8) is 0 Å². The van der Waals surface area contributed by atoms with Crippen molar-refractivity contribution in [3.8, 4) is 10.4 Å². The summed E-state index contributed by atoms with van der Waals surface area (Å²) >= 11 is 1.56. The fourth-order valence-corrected chi connectivity index (χ4v) is 11.5. The van der Waals surface area contributed by atoms with Gasteiger partial charge in [-0.1, -0.05) is 87.9 Å². The molecule has 0 saturated carbocycles. The molecule has 8 N–H and O–H groups in total. The summed E-state index contributed by atoms with van der Waals surface area (Å²) in [5, 5.41) is 25.0. The third-order valence-electron chi connectivity index (χ3n) is 14.6. The highest BCUT2D eigenvalue weighted by Gasteiger charge is 2.48. The van der Waals surface area contributed by atoms with Gasteiger partial charge >= 0.3 is 6.09 Å². The molecule has 2 saturated heterocycles. The largest absolute Gasteiger partial charge is 0.444 e. The number of carbonyl (C=O) groups is 8. The van der Waals surface area contributed by atoms with Crippen molar-refractivity contribution in [1.29, 1.82) is 0 Å². The molecule has 1 aliphatic carbocycles. The number of allylic oxidation sites excluding steroid dienone is 3. The molecule has 3 aromatic rings. The molecule has 0 bridgehead atoms. The minimum atomic E-state index is -1.14. The summed E-state index contributed by atoms with van der Waals surface area (Å²) in [4.78, 5) is 116. The molecule has 1 aromatic heterocycles. The second-order valence-corrected chi connectivity index (χ2v) is 23.9. The molecular formula is C58H77N9O10S. The number of thiazole rings is 1. The number of nitrogens with two attached hydrogens (primary N) is 1. The van der Waals surface area contributed by atoms with Gasteiger partial charge in [0.1, 0.15) is 35.8 Å². The number of alkyl carbamates (subject to hydrolysis) is 1. The molecule has 0 radical (unpaired) electrons. The standard InChI is InChI=1S/C58H77N9O10S/c1-34-49(78-33-62-34)39-21-19-36(20-22-39)30-61-52(72)44-29-41(68)32-66(44)55(75)50(57(2,3)4)65-47(70)18-10-8-9-13-35-14-11-15-37(27-35)31-60-51(71)42(25-26-46(59)69)63-53(73)45-28-40-17-12-16-38-23-24-43(54(74)67(45)48(38)40)64-56(76)77-58(5,6)7/h11-12,14-15,17,19-22,27,33,38,41-45,50,68H,8-10,13,16,18,23-26,28-32H2,1-7H3,(H2,59,69)(H,60,71)(H,61,72)(H,63,73)(H,64,76)(H,65,70)/t38?,41-,42+,43+,44+,45?,50-/m1/s1. The fraction of sp³-hybridized carbons (Fsp3) is 0.534. The van der Waals surface area contributed by atoms with E-state index in [9.17, 15) is 43.5 Å². The quantitative estimate of drug-likeness (QED) is 0.0653. The van der Waals surface area contributed by atoms with Crippen LogP contribution in [0.5, 0.6) is 0 Å². The van der Waals surface area contributed by atoms with Crippen molar-refractivity contribution >= 4 is 58.8 Å². The van der Waals surface area contributed by atoms with Crippen LogP contribution in [0.3, 0.4) is 0 Å². The fourth-order valence-electron chi connectivity index (χ4n) is 10.6. The summed E-state index contributed by atoms with van der Waals surface area (Å²) < 4.78 is 5.44. The van der Waals surface area contributed by atoms with Crippen LogP contribution in [0.25, 0.3) is 10.4 Å². The Balaban J connectivity index is 0.873. The summed E-state index contributed by atoms with van der Waals surface area (Å²) in [6.07, 6.45) is 6.99. The third kappa shape index (κ3) is 15.4. The number of primary amides is 1. The second-order valence-electron chi connectivity index (χ2n) is 23.1. The van der Waals surface area contributed by atoms with Crippen LogP contribution in [0.4, 0.5) is 4.79 Å². The van der Waals surface area contributed by atoms with Crippen LogP contribution >= 0.6 is 11.3 Å². The molecule has 78 heavy (non-hydrogen) atoms. The zero-order chi connectivity index (χ0) is 56.5. The zero-order valence-corrected chi connectivity index (χ0v) is 46.8. The lowest BCUT2D eigenvalue weighted by Crippen LogP contribution is -2.57. The van der Waals surface area contributed by atoms with E-state index in [0.717, 1.165) is 56.9 Å². The first-order valence-corrected chi connectivity index (χ1v) is 28.0. The Labute approximate surface area is 461 Å². The molecule has 2 unspecified atom stereocenters. The number of aliphatic hydroxyl groups is 1. The van der Waals surface area contributed by atoms with E-state index < -0.39 is 83.0 Å². The molecule has 7 atom stereocenters. The van der Waals surface area contributed by atoms with Crippen LogP contribution < -0.4 is 32.3 Å². The second kappa shape index (κ2) is 25.7. The van der Waals surface area contributed by atoms with Gasteiger partial charge in [-0.15, -0.1) is 11.3 Å². The summed E-state index contributed by atoms with van der Waals surface area (Å²) in [5.41, 5.74) is 12.1. The van der Waals surface area contributed by atoms with Gasteiger partial charge in [0.2, 0.25) is 41.4 Å². The van der Waals surface area contributed by atoms with Crippen molar-refractivity contribution in [2.75, 3.05) is 6.54 Å². The Morgan fingerprint density at radius 2 is 1.60 bits per heavy atom. The molecule has 4 aliphatic rings. The van der Waals surface area contributed by atoms with Crippen LogP contribution in [0.15, 0.2) is 77.5 Å². The topological polar surface area (TPSA) is 272 Å². The molecule has 4 heterocycles. The average molecular weight is 1090 g/mol. The maximum Gasteiger partial charge on any atom is 0.408 e. The highest BCUT2D eigenvalue weighted by atomic mass is 32.1. The number of nitrogens with one attached hydrogen (secondary N) is 5. The van der Waals surface area contributed by atoms with Gasteiger partial charge in [-0.25, -0.2) is 9.78 Å². The lowest BCUT2D eigenvalue weighted by atomic mass is 9.85. The van der Waals surface area contributed by atoms with Gasteiger partial charge < -0.3 is 52.0 Å². The minimum absolute atomic E-state index is 0.0204. The number of hydrogen-bond donors (Lipinski definition) is 7. The lowest BCUT2D eigenvalue weighted by molar-refractivity contribution is -0.144. The number of β-amino-alcohol motifs (C(OH)–C–C–N with tert-alkyl or cyclic N) is 1. The average Bonchev–Trinajstić information content (AvgIpc) is 4.09. The highest BCUT2D eigenvalue weighted by molar-refractivity contribution is 7.13. The number of aryl methyl sites for hydroxylation is 2. The number of carbonyl (C=O) groups excluding carboxylic acids is 8. The Bertz CT molecular complexity index is 2780. The number of aromatic nitrogens is 1. The number of hydrogen-bond acceptors (Lipinski definition) is 12. The molecule has 0 spiro atoms. The Morgan fingerprint density at radius 3 is 2.29 bits per heavy atom. The van der Waals surface area contributed by atoms with E-state index in [1.165, 1.54) is 9.80 Å². The van der Waals surface area contributed by atoms with Gasteiger partial charge in [0.05, 0.1) is 22.2 Å². The van der Waals surface area contributed by atoms with E-state index in [-0.39, 0.29) is 69.5 Å². The molecule has 8 amide bonds. The van der Waals surface area contributed by atoms with Gasteiger partial charge in [-0.05, 0) is 106 Å². The number of benzene rings is 2. The third-order valence-corrected chi connectivity index (χ3v) is 15.6. The number of aliphatic hydroxyl groups excluding tert-OH is 1. The Morgan fingerprint density at radius 1 is 0.872 bits per heavy atom. The minimum Gasteiger partial charge on any atom is -0.444 e. The van der Waals surface area contributed by atoms with Crippen molar-refractivity contribution in [2.24, 2.45) is 17.1 Å². The number of nitrogens with zero attached hydrogens (tertiary/aromatic N) is 3. The van der Waals surface area contributed by atoms with E-state index >= 15 is 0 Å². The SMILES string of the molecule is Cc1ncsc1-c1ccc(CNC(=O)[C@@H]2C[C@@H](O)CN2C(=O)[C@@H](NC(=O)CCCCCc2cccc(CNC(=O)[C@H](CCC(N)=O)NC(=O)C3CC4=C5C(CC=C4)CC[C@H](NC(=O)OC(C)(C)C)C(=O)N53)c2)C(C)(C)C)cc1. The maximum atomic E-state index is 14.2. The van der Waals surface area contributed by atoms with E-state index in [1.54, 1.807) is 37.6 Å². The number of amides is 8. The first kappa shape index (κ1) is 58.7. The maximum absolute atomic E-state index is 14.2. The number of rotatable bonds is 21. The van der Waals surface area contributed by atoms with Gasteiger partial charge in [0.15, 0.2) is 0 Å². The number of ether oxygens (including phenoxy) is 1. The normalized spacial score (nSPS) is 20.8. The highest BCUT2D eigenvalue weighted by Crippen LogP contribution is 2.43. The monoisotopic (exact) mass is 1090 g/mol. The van der Waals surface area contributed by atoms with Crippen LogP contribution in [0.2, 0.25) is 0 Å². The van der Waals surface area contributed by atoms with Crippen LogP contribution in [0, 0.1) is 18.3 Å². The molecule has 420 valence electrons. The summed E-state index contributed by atoms with van der Waals surface area (Å²) in [6.45, 7) is 13.1. The zero-order valence-electron chi connectivity index (χ0n) is 45.9. The smallest absolute Gasteiger partial charge is 0.408 e. The summed E-state index contributed by atoms with van der Waals surface area (Å²) in [6, 6.07) is 10.7. The Hall–Kier alpha value is -6.93. The molecule has 20 heteroatoms. The first-order valence-electron chi connectivity index (χ1n) is 27.2. The van der Waals surface area contributed by atoms with Crippen LogP contribution in [0.1, 0.15) is 135 Å². The number of unbranched alkanes of at least 4 members (excludes halogenated alkanes) is 2. The molecule has 19 nitrogen and oxygen atoms in total. The molecular weight excluding hydrogens is 1010 g/mol. The molecule has 3 aliphatic heterocycles. The van der Waals surface area contributed by atoms with Crippen molar-refractivity contribution in [3.05, 3.63) is 99.8 Å². The first-order chi connectivity index (χ1) is 36.9. The summed E-state index contributed by atoms with van der Waals surface area (Å²) in [5.74, 6) is -3.28. The van der Waals surface area contributed by atoms with E-state index in [1.807, 2.05) is 88.4 Å². The van der Waals surface area contributed by atoms with Gasteiger partial charge in [-0.2, -0.15) is 0 Å². The van der Waals surface area contributed by atoms with Crippen LogP contribution in [-0.2, 0) is 57.8 Å². The molecule has 7 rings (SSSR count). The molecule has 2 fully saturated rings. The Kier molecular flexibility index (Phi) is 19.3. The number of likely N-dealkylation sites (tertiary alicyclic amines) is 1. The predicted molar refractivity (Wildman–Crippen MR) is 294 cm³/mol. The van der Waals surface area contributed by atoms with E-state index in [4.69, 9.17) is 10.5 Å². The van der Waals surface area contributed by atoms with Crippen molar-refractivity contribution < 1.29 is 48.2 Å². The van der Waals surface area contributed by atoms with E-state index in [2.05, 4.69) is 31.6 Å². The predicted octanol–water partition coefficient (Wildman–Crippen LogP) is 5.52. The van der Waals surface area contributed by atoms with Crippen molar-refractivity contribution in [2.45, 2.75) is 181 Å². The lowest BCUT2D eigenvalue weighted by Gasteiger charge is -2.35. The summed E-state index contributed by atoms with van der Waals surface area (Å²) in [7, 11) is 0. The van der Waals surface area contributed by atoms with Crippen molar-refractivity contribution in [1.82, 2.24) is 41.4 Å². The van der Waals surface area contributed by atoms with Gasteiger partial charge in [-0.3, -0.25) is 33.6 Å².